The summed E-state index contributed by atoms with van der Waals surface area (Å²) in [7, 11) is 0. The second-order valence-corrected chi connectivity index (χ2v) is 6.11. The maximum Gasteiger partial charge on any atom is 0.289 e. The Morgan fingerprint density at radius 2 is 2.00 bits per heavy atom. The van der Waals surface area contributed by atoms with Crippen LogP contribution in [0.3, 0.4) is 0 Å². The summed E-state index contributed by atoms with van der Waals surface area (Å²) in [6, 6.07) is 9.47. The van der Waals surface area contributed by atoms with Gasteiger partial charge in [-0.15, -0.1) is 27.7 Å². The largest absolute Gasteiger partial charge is 0.389 e. The number of nitrogens with zero attached hydrogens (tertiary/aromatic N) is 5. The van der Waals surface area contributed by atoms with Crippen LogP contribution < -0.4 is 10.6 Å². The Bertz CT molecular complexity index is 885. The van der Waals surface area contributed by atoms with Gasteiger partial charge in [-0.1, -0.05) is 30.3 Å². The van der Waals surface area contributed by atoms with Crippen LogP contribution in [-0.2, 0) is 5.54 Å². The second-order valence-electron chi connectivity index (χ2n) is 6.11. The van der Waals surface area contributed by atoms with E-state index in [0.717, 1.165) is 5.56 Å². The lowest BCUT2D eigenvalue weighted by atomic mass is 9.79. The molecule has 11 heteroatoms. The molecule has 1 aromatic carbocycles. The van der Waals surface area contributed by atoms with Crippen molar-refractivity contribution in [1.29, 1.82) is 0 Å². The minimum atomic E-state index is -0.896. The molecule has 142 valence electrons. The van der Waals surface area contributed by atoms with Crippen molar-refractivity contribution in [2.24, 2.45) is 0 Å². The van der Waals surface area contributed by atoms with Crippen LogP contribution in [0.2, 0.25) is 0 Å². The molecule has 10 nitrogen and oxygen atoms in total. The molecule has 27 heavy (non-hydrogen) atoms. The van der Waals surface area contributed by atoms with Crippen LogP contribution >= 0.6 is 12.4 Å². The number of aliphatic hydroxyl groups excluding tert-OH is 1. The third-order valence-corrected chi connectivity index (χ3v) is 4.57. The van der Waals surface area contributed by atoms with E-state index < -0.39 is 17.6 Å². The number of rotatable bonds is 4. The average molecular weight is 391 g/mol. The van der Waals surface area contributed by atoms with E-state index in [9.17, 15) is 9.90 Å². The van der Waals surface area contributed by atoms with Crippen LogP contribution in [0.15, 0.2) is 43.0 Å². The first-order valence-electron chi connectivity index (χ1n) is 8.23. The highest BCUT2D eigenvalue weighted by Crippen LogP contribution is 2.31. The van der Waals surface area contributed by atoms with Crippen molar-refractivity contribution in [1.82, 2.24) is 40.6 Å². The molecule has 0 spiro atoms. The number of aromatic amines is 1. The van der Waals surface area contributed by atoms with Crippen molar-refractivity contribution in [3.63, 3.8) is 0 Å². The van der Waals surface area contributed by atoms with Gasteiger partial charge >= 0.3 is 0 Å². The van der Waals surface area contributed by atoms with Crippen molar-refractivity contribution in [2.75, 3.05) is 13.1 Å². The molecule has 1 fully saturated rings. The molecule has 0 aliphatic carbocycles. The molecule has 1 amide bonds. The quantitative estimate of drug-likeness (QED) is 0.484. The van der Waals surface area contributed by atoms with Gasteiger partial charge in [-0.2, -0.15) is 4.98 Å². The van der Waals surface area contributed by atoms with E-state index >= 15 is 0 Å². The Labute approximate surface area is 160 Å². The third-order valence-electron chi connectivity index (χ3n) is 4.57. The molecule has 1 aliphatic heterocycles. The number of nitrogens with one attached hydrogen (secondary N) is 3. The number of amides is 1. The predicted octanol–water partition coefficient (Wildman–Crippen LogP) is -0.213. The van der Waals surface area contributed by atoms with E-state index in [1.54, 1.807) is 0 Å². The lowest BCUT2D eigenvalue weighted by Gasteiger charge is -2.42. The lowest BCUT2D eigenvalue weighted by Crippen LogP contribution is -2.61. The van der Waals surface area contributed by atoms with Crippen LogP contribution in [-0.4, -0.2) is 60.2 Å². The maximum absolute atomic E-state index is 12.8. The molecule has 1 saturated heterocycles. The van der Waals surface area contributed by atoms with E-state index in [2.05, 4.69) is 36.0 Å². The number of piperidine rings is 1. The van der Waals surface area contributed by atoms with Crippen LogP contribution in [0.1, 0.15) is 22.6 Å². The molecular weight excluding hydrogens is 372 g/mol. The number of aromatic nitrogens is 6. The number of aliphatic hydroxyl groups is 1. The first kappa shape index (κ1) is 19.0. The summed E-state index contributed by atoms with van der Waals surface area (Å²) >= 11 is 0. The van der Waals surface area contributed by atoms with Gasteiger partial charge in [-0.25, -0.2) is 0 Å². The number of carbonyl (C=O) groups excluding carboxylic acids is 1. The normalized spacial score (nSPS) is 22.0. The molecule has 0 radical (unpaired) electrons. The summed E-state index contributed by atoms with van der Waals surface area (Å²) in [4.78, 5) is 17.0. The standard InChI is InChI=1S/C16H18N8O2.ClH/c25-12-8-17-7-6-16(12,11-4-2-1-3-5-11)21-14(26)13-20-15(23-22-13)24-9-18-19-10-24;/h1-5,9-10,12,17,25H,6-8H2,(H,21,26)(H,20,22,23);1H/t12-,16+;/m1./s1. The zero-order valence-corrected chi connectivity index (χ0v) is 15.1. The number of hydrogen-bond acceptors (Lipinski definition) is 7. The summed E-state index contributed by atoms with van der Waals surface area (Å²) < 4.78 is 1.49. The monoisotopic (exact) mass is 390 g/mol. The number of halogens is 1. The minimum absolute atomic E-state index is 0. The highest BCUT2D eigenvalue weighted by Gasteiger charge is 2.43. The van der Waals surface area contributed by atoms with Gasteiger partial charge in [0.2, 0.25) is 5.82 Å². The molecule has 3 heterocycles. The van der Waals surface area contributed by atoms with Gasteiger partial charge in [-0.05, 0) is 18.5 Å². The average Bonchev–Trinajstić information content (AvgIpc) is 3.36. The highest BCUT2D eigenvalue weighted by molar-refractivity contribution is 5.91. The van der Waals surface area contributed by atoms with Crippen LogP contribution in [0, 0.1) is 0 Å². The number of hydrogen-bond donors (Lipinski definition) is 4. The van der Waals surface area contributed by atoms with E-state index in [4.69, 9.17) is 0 Å². The van der Waals surface area contributed by atoms with Crippen LogP contribution in [0.4, 0.5) is 0 Å². The summed E-state index contributed by atoms with van der Waals surface area (Å²) in [5.41, 5.74) is -0.0477. The number of benzene rings is 1. The summed E-state index contributed by atoms with van der Waals surface area (Å²) in [6.45, 7) is 1.06. The topological polar surface area (TPSA) is 134 Å². The van der Waals surface area contributed by atoms with E-state index in [1.807, 2.05) is 30.3 Å². The molecule has 1 aliphatic rings. The molecule has 4 N–H and O–H groups in total. The third kappa shape index (κ3) is 3.54. The zero-order chi connectivity index (χ0) is 18.0. The van der Waals surface area contributed by atoms with E-state index in [0.29, 0.717) is 19.5 Å². The Morgan fingerprint density at radius 1 is 1.26 bits per heavy atom. The minimum Gasteiger partial charge on any atom is -0.389 e. The van der Waals surface area contributed by atoms with Crippen molar-refractivity contribution >= 4 is 18.3 Å². The fraction of sp³-hybridized carbons (Fsp3) is 0.312. The number of β-amino-alcohol motifs (C(OH)–C–C–N with tert-alkyl or cyclic N) is 1. The molecule has 0 bridgehead atoms. The van der Waals surface area contributed by atoms with Crippen molar-refractivity contribution in [3.05, 3.63) is 54.4 Å². The molecule has 0 unspecified atom stereocenters. The molecule has 0 saturated carbocycles. The maximum atomic E-state index is 12.8. The van der Waals surface area contributed by atoms with Crippen molar-refractivity contribution in [3.8, 4) is 5.95 Å². The summed E-state index contributed by atoms with van der Waals surface area (Å²) in [5, 5.41) is 30.8. The van der Waals surface area contributed by atoms with Crippen molar-refractivity contribution in [2.45, 2.75) is 18.1 Å². The first-order chi connectivity index (χ1) is 12.7. The van der Waals surface area contributed by atoms with Gasteiger partial charge < -0.3 is 15.7 Å². The summed E-state index contributed by atoms with van der Waals surface area (Å²) in [5.74, 6) is -0.129. The SMILES string of the molecule is Cl.O=C(N[C@]1(c2ccccc2)CCNC[C@H]1O)c1nc(-n2cnnc2)n[nH]1. The zero-order valence-electron chi connectivity index (χ0n) is 14.2. The first-order valence-corrected chi connectivity index (χ1v) is 8.23. The Morgan fingerprint density at radius 3 is 2.70 bits per heavy atom. The summed E-state index contributed by atoms with van der Waals surface area (Å²) in [6.07, 6.45) is 2.65. The molecular formula is C16H19ClN8O2. The van der Waals surface area contributed by atoms with Crippen molar-refractivity contribution < 1.29 is 9.90 Å². The van der Waals surface area contributed by atoms with Gasteiger partial charge in [0.25, 0.3) is 11.9 Å². The molecule has 4 rings (SSSR count). The van der Waals surface area contributed by atoms with Gasteiger partial charge in [0.1, 0.15) is 12.7 Å². The fourth-order valence-electron chi connectivity index (χ4n) is 3.19. The molecule has 2 aromatic heterocycles. The molecule has 3 aromatic rings. The fourth-order valence-corrected chi connectivity index (χ4v) is 3.19. The van der Waals surface area contributed by atoms with Gasteiger partial charge in [0, 0.05) is 6.54 Å². The Hall–Kier alpha value is -2.82. The van der Waals surface area contributed by atoms with Crippen LogP contribution in [0.5, 0.6) is 0 Å². The van der Waals surface area contributed by atoms with Crippen LogP contribution in [0.25, 0.3) is 5.95 Å². The van der Waals surface area contributed by atoms with Gasteiger partial charge in [0.05, 0.1) is 11.6 Å². The number of carbonyl (C=O) groups is 1. The van der Waals surface area contributed by atoms with E-state index in [-0.39, 0.29) is 24.2 Å². The highest BCUT2D eigenvalue weighted by atomic mass is 35.5. The predicted molar refractivity (Wildman–Crippen MR) is 97.6 cm³/mol. The van der Waals surface area contributed by atoms with Gasteiger partial charge in [0.15, 0.2) is 0 Å². The Kier molecular flexibility index (Phi) is 5.49. The second kappa shape index (κ2) is 7.82. The Balaban J connectivity index is 0.00000210. The number of H-pyrrole nitrogens is 1. The molecule has 2 atom stereocenters. The smallest absolute Gasteiger partial charge is 0.289 e. The van der Waals surface area contributed by atoms with Gasteiger partial charge in [-0.3, -0.25) is 14.5 Å². The lowest BCUT2D eigenvalue weighted by molar-refractivity contribution is 0.0286. The van der Waals surface area contributed by atoms with E-state index in [1.165, 1.54) is 17.2 Å².